The molecular weight excluding hydrogens is 438 g/mol. The molecule has 1 fully saturated rings. The summed E-state index contributed by atoms with van der Waals surface area (Å²) in [6.45, 7) is 2.36. The summed E-state index contributed by atoms with van der Waals surface area (Å²) in [5, 5.41) is 0. The fourth-order valence-corrected chi connectivity index (χ4v) is 5.46. The summed E-state index contributed by atoms with van der Waals surface area (Å²) in [5.41, 5.74) is 1.08. The number of Topliss-reactive ketones (excluding diaryl/α,β-unsaturated/α-hetero) is 1. The van der Waals surface area contributed by atoms with Crippen LogP contribution in [0.15, 0.2) is 46.3 Å². The number of furan rings is 1. The largest absolute Gasteiger partial charge is 0.493 e. The van der Waals surface area contributed by atoms with Crippen LogP contribution in [0.5, 0.6) is 17.2 Å². The lowest BCUT2D eigenvalue weighted by molar-refractivity contribution is -0.136. The van der Waals surface area contributed by atoms with E-state index in [2.05, 4.69) is 6.92 Å². The standard InChI is InChI=1S/C26H29NO7/c1-14-7-8-18-17(10-14)23(28)21-22(15-11-19(30-2)24(32-4)20(12-15)31-3)27(26(29)25(21)34-18)13-16-6-5-9-33-16/h5-6,9,11-12,14,17-18,22H,7-8,10,13H2,1-4H3. The lowest BCUT2D eigenvalue weighted by Gasteiger charge is -2.37. The molecular formula is C26H29NO7. The van der Waals surface area contributed by atoms with Gasteiger partial charge in [-0.25, -0.2) is 0 Å². The molecule has 4 atom stereocenters. The van der Waals surface area contributed by atoms with Crippen molar-refractivity contribution < 1.29 is 33.0 Å². The van der Waals surface area contributed by atoms with Crippen LogP contribution in [-0.2, 0) is 20.9 Å². The smallest absolute Gasteiger partial charge is 0.290 e. The van der Waals surface area contributed by atoms with Gasteiger partial charge in [-0.3, -0.25) is 9.59 Å². The van der Waals surface area contributed by atoms with E-state index in [1.165, 1.54) is 21.3 Å². The van der Waals surface area contributed by atoms with E-state index in [0.29, 0.717) is 40.1 Å². The Morgan fingerprint density at radius 2 is 1.79 bits per heavy atom. The van der Waals surface area contributed by atoms with Gasteiger partial charge in [0.1, 0.15) is 11.9 Å². The number of carbonyl (C=O) groups excluding carboxylic acids is 2. The van der Waals surface area contributed by atoms with Crippen LogP contribution in [-0.4, -0.2) is 44.0 Å². The molecule has 0 N–H and O–H groups in total. The van der Waals surface area contributed by atoms with Gasteiger partial charge in [0.15, 0.2) is 23.0 Å². The second kappa shape index (κ2) is 8.74. The van der Waals surface area contributed by atoms with Crippen LogP contribution >= 0.6 is 0 Å². The number of carbonyl (C=O) groups is 2. The molecule has 1 saturated carbocycles. The summed E-state index contributed by atoms with van der Waals surface area (Å²) in [7, 11) is 4.61. The predicted octanol–water partition coefficient (Wildman–Crippen LogP) is 4.05. The molecule has 0 radical (unpaired) electrons. The number of methoxy groups -OCH3 is 3. The van der Waals surface area contributed by atoms with Gasteiger partial charge in [-0.1, -0.05) is 6.92 Å². The molecule has 1 aromatic heterocycles. The van der Waals surface area contributed by atoms with Crippen LogP contribution in [0.4, 0.5) is 0 Å². The van der Waals surface area contributed by atoms with E-state index < -0.39 is 6.04 Å². The van der Waals surface area contributed by atoms with Crippen molar-refractivity contribution in [1.82, 2.24) is 4.90 Å². The maximum Gasteiger partial charge on any atom is 0.290 e. The first-order valence-electron chi connectivity index (χ1n) is 11.5. The number of nitrogens with zero attached hydrogens (tertiary/aromatic N) is 1. The zero-order valence-electron chi connectivity index (χ0n) is 19.8. The van der Waals surface area contributed by atoms with Crippen LogP contribution in [0, 0.1) is 11.8 Å². The zero-order chi connectivity index (χ0) is 24.0. The fraction of sp³-hybridized carbons (Fsp3) is 0.462. The molecule has 0 bridgehead atoms. The molecule has 34 heavy (non-hydrogen) atoms. The Bertz CT molecular complexity index is 1110. The average molecular weight is 468 g/mol. The van der Waals surface area contributed by atoms with E-state index in [1.807, 2.05) is 0 Å². The number of ether oxygens (including phenoxy) is 4. The first-order valence-corrected chi connectivity index (χ1v) is 11.5. The minimum Gasteiger partial charge on any atom is -0.493 e. The summed E-state index contributed by atoms with van der Waals surface area (Å²) in [6, 6.07) is 6.49. The van der Waals surface area contributed by atoms with Gasteiger partial charge in [-0.15, -0.1) is 0 Å². The third kappa shape index (κ3) is 3.52. The minimum absolute atomic E-state index is 0.00755. The minimum atomic E-state index is -0.660. The third-order valence-corrected chi connectivity index (χ3v) is 7.11. The summed E-state index contributed by atoms with van der Waals surface area (Å²) in [5.74, 6) is 1.99. The van der Waals surface area contributed by atoms with Crippen LogP contribution in [0.25, 0.3) is 0 Å². The molecule has 3 heterocycles. The van der Waals surface area contributed by atoms with E-state index in [-0.39, 0.29) is 36.0 Å². The molecule has 5 rings (SSSR count). The van der Waals surface area contributed by atoms with Gasteiger partial charge >= 0.3 is 0 Å². The Morgan fingerprint density at radius 3 is 2.41 bits per heavy atom. The molecule has 8 heteroatoms. The molecule has 2 aliphatic heterocycles. The Labute approximate surface area is 198 Å². The molecule has 180 valence electrons. The summed E-state index contributed by atoms with van der Waals surface area (Å²) in [4.78, 5) is 29.1. The molecule has 0 saturated heterocycles. The number of benzene rings is 1. The normalized spacial score (nSPS) is 26.2. The molecule has 4 unspecified atom stereocenters. The second-order valence-electron chi connectivity index (χ2n) is 9.16. The highest BCUT2D eigenvalue weighted by Crippen LogP contribution is 2.50. The maximum atomic E-state index is 13.9. The highest BCUT2D eigenvalue weighted by atomic mass is 16.5. The average Bonchev–Trinajstić information content (AvgIpc) is 3.46. The van der Waals surface area contributed by atoms with Crippen molar-refractivity contribution in [2.45, 2.75) is 44.9 Å². The van der Waals surface area contributed by atoms with Crippen molar-refractivity contribution in [3.8, 4) is 17.2 Å². The lowest BCUT2D eigenvalue weighted by Crippen LogP contribution is -2.41. The monoisotopic (exact) mass is 467 g/mol. The molecule has 1 aliphatic carbocycles. The molecule has 1 amide bonds. The number of hydrogen-bond donors (Lipinski definition) is 0. The number of rotatable bonds is 6. The molecule has 1 aromatic carbocycles. The number of fused-ring (bicyclic) bond motifs is 1. The summed E-state index contributed by atoms with van der Waals surface area (Å²) in [6.07, 6.45) is 3.83. The fourth-order valence-electron chi connectivity index (χ4n) is 5.46. The van der Waals surface area contributed by atoms with Crippen LogP contribution in [0.1, 0.15) is 43.6 Å². The Balaban J connectivity index is 1.64. The topological polar surface area (TPSA) is 87.4 Å². The Kier molecular flexibility index (Phi) is 5.75. The van der Waals surface area contributed by atoms with Crippen molar-refractivity contribution in [3.63, 3.8) is 0 Å². The van der Waals surface area contributed by atoms with E-state index in [4.69, 9.17) is 23.4 Å². The van der Waals surface area contributed by atoms with Crippen LogP contribution in [0.2, 0.25) is 0 Å². The lowest BCUT2D eigenvalue weighted by atomic mass is 9.74. The molecule has 8 nitrogen and oxygen atoms in total. The number of amides is 1. The van der Waals surface area contributed by atoms with Gasteiger partial charge in [0.05, 0.1) is 51.7 Å². The van der Waals surface area contributed by atoms with Crippen molar-refractivity contribution >= 4 is 11.7 Å². The summed E-state index contributed by atoms with van der Waals surface area (Å²) < 4.78 is 28.4. The number of ketones is 1. The second-order valence-corrected chi connectivity index (χ2v) is 9.16. The maximum absolute atomic E-state index is 13.9. The van der Waals surface area contributed by atoms with E-state index in [0.717, 1.165) is 19.3 Å². The predicted molar refractivity (Wildman–Crippen MR) is 122 cm³/mol. The van der Waals surface area contributed by atoms with E-state index >= 15 is 0 Å². The van der Waals surface area contributed by atoms with Crippen molar-refractivity contribution in [1.29, 1.82) is 0 Å². The highest BCUT2D eigenvalue weighted by Gasteiger charge is 2.52. The highest BCUT2D eigenvalue weighted by molar-refractivity contribution is 6.11. The quantitative estimate of drug-likeness (QED) is 0.633. The van der Waals surface area contributed by atoms with Gasteiger partial charge < -0.3 is 28.3 Å². The van der Waals surface area contributed by atoms with Crippen molar-refractivity contribution in [2.24, 2.45) is 11.8 Å². The first kappa shape index (κ1) is 22.4. The Hall–Kier alpha value is -3.42. The molecule has 0 spiro atoms. The van der Waals surface area contributed by atoms with Gasteiger partial charge in [0.2, 0.25) is 5.75 Å². The van der Waals surface area contributed by atoms with Crippen LogP contribution in [0.3, 0.4) is 0 Å². The first-order chi connectivity index (χ1) is 16.5. The molecule has 2 aromatic rings. The Morgan fingerprint density at radius 1 is 1.06 bits per heavy atom. The van der Waals surface area contributed by atoms with E-state index in [1.54, 1.807) is 35.4 Å². The van der Waals surface area contributed by atoms with Crippen LogP contribution < -0.4 is 14.2 Å². The number of hydrogen-bond acceptors (Lipinski definition) is 7. The molecule has 3 aliphatic rings. The SMILES string of the molecule is COc1cc(C2C3=C(OC4CCC(C)CC4C3=O)C(=O)N2Cc2ccco2)cc(OC)c1OC. The third-order valence-electron chi connectivity index (χ3n) is 7.11. The summed E-state index contributed by atoms with van der Waals surface area (Å²) >= 11 is 0. The van der Waals surface area contributed by atoms with Gasteiger partial charge in [-0.05, 0) is 55.0 Å². The van der Waals surface area contributed by atoms with Gasteiger partial charge in [-0.2, -0.15) is 0 Å². The van der Waals surface area contributed by atoms with E-state index in [9.17, 15) is 9.59 Å². The van der Waals surface area contributed by atoms with Gasteiger partial charge in [0, 0.05) is 0 Å². The zero-order valence-corrected chi connectivity index (χ0v) is 19.8. The van der Waals surface area contributed by atoms with Gasteiger partial charge in [0.25, 0.3) is 5.91 Å². The van der Waals surface area contributed by atoms with Crippen molar-refractivity contribution in [2.75, 3.05) is 21.3 Å². The van der Waals surface area contributed by atoms with Crippen molar-refractivity contribution in [3.05, 3.63) is 53.2 Å².